The number of ether oxygens (including phenoxy) is 1. The number of thioether (sulfide) groups is 1. The van der Waals surface area contributed by atoms with E-state index in [0.29, 0.717) is 16.3 Å². The number of aromatic nitrogens is 1. The predicted octanol–water partition coefficient (Wildman–Crippen LogP) is 3.77. The lowest BCUT2D eigenvalue weighted by molar-refractivity contribution is -0.114. The number of rotatable bonds is 4. The molecule has 0 unspecified atom stereocenters. The minimum absolute atomic E-state index is 0.0197. The first kappa shape index (κ1) is 23.3. The van der Waals surface area contributed by atoms with Crippen LogP contribution in [0.4, 0.5) is 0 Å². The van der Waals surface area contributed by atoms with E-state index < -0.39 is 15.7 Å². The van der Waals surface area contributed by atoms with Crippen molar-refractivity contribution in [2.24, 2.45) is 10.1 Å². The molecule has 2 aromatic rings. The monoisotopic (exact) mass is 505 g/mol. The molecule has 9 nitrogen and oxygen atoms in total. The number of sulfone groups is 1. The van der Waals surface area contributed by atoms with Crippen molar-refractivity contribution in [1.29, 1.82) is 5.41 Å². The Morgan fingerprint density at radius 1 is 1.27 bits per heavy atom. The lowest BCUT2D eigenvalue weighted by Gasteiger charge is -2.20. The Kier molecular flexibility index (Phi) is 5.97. The topological polar surface area (TPSA) is 117 Å². The molecule has 1 aromatic heterocycles. The van der Waals surface area contributed by atoms with Gasteiger partial charge in [-0.05, 0) is 61.5 Å². The zero-order valence-electron chi connectivity index (χ0n) is 18.2. The number of nitrogens with one attached hydrogen (secondary N) is 1. The van der Waals surface area contributed by atoms with Crippen molar-refractivity contribution in [3.05, 3.63) is 51.8 Å². The number of amides is 1. The molecule has 172 valence electrons. The van der Waals surface area contributed by atoms with Crippen molar-refractivity contribution in [3.63, 3.8) is 0 Å². The van der Waals surface area contributed by atoms with E-state index in [0.717, 1.165) is 33.8 Å². The van der Waals surface area contributed by atoms with Crippen LogP contribution < -0.4 is 4.74 Å². The van der Waals surface area contributed by atoms with Crippen LogP contribution >= 0.6 is 23.4 Å². The number of amidine groups is 2. The van der Waals surface area contributed by atoms with Crippen LogP contribution in [0.2, 0.25) is 5.02 Å². The summed E-state index contributed by atoms with van der Waals surface area (Å²) in [7, 11) is -2.04. The van der Waals surface area contributed by atoms with Gasteiger partial charge in [0.15, 0.2) is 5.84 Å². The molecule has 0 spiro atoms. The lowest BCUT2D eigenvalue weighted by Crippen LogP contribution is -2.35. The normalized spacial score (nSPS) is 17.4. The van der Waals surface area contributed by atoms with Gasteiger partial charge in [-0.15, -0.1) is 5.10 Å². The predicted molar refractivity (Wildman–Crippen MR) is 131 cm³/mol. The molecule has 0 fully saturated rings. The van der Waals surface area contributed by atoms with E-state index in [9.17, 15) is 13.2 Å². The van der Waals surface area contributed by atoms with Crippen LogP contribution in [0.15, 0.2) is 39.9 Å². The molecule has 1 amide bonds. The molecule has 0 saturated carbocycles. The fourth-order valence-electron chi connectivity index (χ4n) is 3.50. The molecule has 4 rings (SSSR count). The van der Waals surface area contributed by atoms with Crippen molar-refractivity contribution in [2.45, 2.75) is 20.8 Å². The Bertz CT molecular complexity index is 1410. The van der Waals surface area contributed by atoms with Gasteiger partial charge in [-0.2, -0.15) is 10.0 Å². The number of halogens is 1. The maximum atomic E-state index is 12.7. The summed E-state index contributed by atoms with van der Waals surface area (Å²) >= 11 is 7.07. The Morgan fingerprint density at radius 2 is 2.00 bits per heavy atom. The summed E-state index contributed by atoms with van der Waals surface area (Å²) in [6, 6.07) is 7.32. The van der Waals surface area contributed by atoms with Crippen molar-refractivity contribution in [1.82, 2.24) is 9.58 Å². The Labute approximate surface area is 200 Å². The highest BCUT2D eigenvalue weighted by molar-refractivity contribution is 8.42. The number of methoxy groups -OCH3 is 1. The molecule has 0 radical (unpaired) electrons. The number of nitrogens with zero attached hydrogens (tertiary/aromatic N) is 4. The van der Waals surface area contributed by atoms with Gasteiger partial charge in [-0.1, -0.05) is 18.5 Å². The largest absolute Gasteiger partial charge is 0.495 e. The summed E-state index contributed by atoms with van der Waals surface area (Å²) in [5.41, 5.74) is 3.27. The zero-order chi connectivity index (χ0) is 24.1. The minimum atomic E-state index is -3.58. The van der Waals surface area contributed by atoms with Gasteiger partial charge in [0.2, 0.25) is 19.4 Å². The Balaban J connectivity index is 1.74. The third-order valence-electron chi connectivity index (χ3n) is 5.25. The first-order valence-corrected chi connectivity index (χ1v) is 12.7. The Morgan fingerprint density at radius 3 is 2.64 bits per heavy atom. The van der Waals surface area contributed by atoms with Crippen molar-refractivity contribution in [2.75, 3.05) is 12.9 Å². The molecule has 0 aliphatic carbocycles. The zero-order valence-corrected chi connectivity index (χ0v) is 20.6. The summed E-state index contributed by atoms with van der Waals surface area (Å²) in [6.45, 7) is 5.31. The van der Waals surface area contributed by atoms with E-state index in [1.165, 1.54) is 6.92 Å². The maximum absolute atomic E-state index is 12.7. The lowest BCUT2D eigenvalue weighted by atomic mass is 10.1. The van der Waals surface area contributed by atoms with E-state index in [-0.39, 0.29) is 26.7 Å². The minimum Gasteiger partial charge on any atom is -0.495 e. The molecule has 0 bridgehead atoms. The van der Waals surface area contributed by atoms with Crippen LogP contribution in [-0.4, -0.2) is 52.1 Å². The molecule has 1 aromatic carbocycles. The van der Waals surface area contributed by atoms with Crippen LogP contribution in [0.5, 0.6) is 5.75 Å². The molecular formula is C21H20ClN5O4S2. The van der Waals surface area contributed by atoms with Gasteiger partial charge in [0.25, 0.3) is 5.91 Å². The molecule has 2 aliphatic heterocycles. The van der Waals surface area contributed by atoms with Crippen LogP contribution in [0, 0.1) is 19.3 Å². The van der Waals surface area contributed by atoms with Crippen molar-refractivity contribution in [3.8, 4) is 11.4 Å². The standard InChI is InChI=1S/C21H20ClN5O4S2/c1-5-33(29,30)21-25-27-18(23)15(19(28)24-20(27)32-21)9-13-8-11(2)26(12(13)3)14-6-7-17(31-4)16(22)10-14/h6-10,23H,5H2,1-4H3/b15-9+,23-18?. The van der Waals surface area contributed by atoms with Gasteiger partial charge < -0.3 is 9.30 Å². The van der Waals surface area contributed by atoms with Crippen LogP contribution in [-0.2, 0) is 14.6 Å². The summed E-state index contributed by atoms with van der Waals surface area (Å²) in [4.78, 5) is 16.6. The van der Waals surface area contributed by atoms with Gasteiger partial charge in [0.05, 0.1) is 23.5 Å². The number of carbonyl (C=O) groups excluding carboxylic acids is 1. The molecule has 0 atom stereocenters. The molecular weight excluding hydrogens is 486 g/mol. The molecule has 12 heteroatoms. The third kappa shape index (κ3) is 4.00. The molecule has 33 heavy (non-hydrogen) atoms. The number of benzene rings is 1. The average Bonchev–Trinajstić information content (AvgIpc) is 3.32. The van der Waals surface area contributed by atoms with E-state index in [2.05, 4.69) is 10.1 Å². The summed E-state index contributed by atoms with van der Waals surface area (Å²) < 4.78 is 31.4. The van der Waals surface area contributed by atoms with Crippen molar-refractivity contribution >= 4 is 60.6 Å². The number of hydrazone groups is 1. The average molecular weight is 506 g/mol. The highest BCUT2D eigenvalue weighted by atomic mass is 35.5. The van der Waals surface area contributed by atoms with E-state index in [1.54, 1.807) is 25.3 Å². The number of carbonyl (C=O) groups is 1. The second kappa shape index (κ2) is 8.47. The number of aliphatic imine (C=N–C) groups is 1. The number of hydrogen-bond acceptors (Lipinski definition) is 7. The fourth-order valence-corrected chi connectivity index (χ4v) is 5.92. The second-order valence-electron chi connectivity index (χ2n) is 7.27. The van der Waals surface area contributed by atoms with E-state index in [4.69, 9.17) is 21.7 Å². The highest BCUT2D eigenvalue weighted by Gasteiger charge is 2.39. The molecule has 1 N–H and O–H groups in total. The smallest absolute Gasteiger partial charge is 0.283 e. The highest BCUT2D eigenvalue weighted by Crippen LogP contribution is 2.32. The van der Waals surface area contributed by atoms with Gasteiger partial charge in [-0.3, -0.25) is 10.2 Å². The van der Waals surface area contributed by atoms with Gasteiger partial charge in [0.1, 0.15) is 5.75 Å². The van der Waals surface area contributed by atoms with Crippen LogP contribution in [0.1, 0.15) is 23.9 Å². The number of hydrogen-bond donors (Lipinski definition) is 1. The van der Waals surface area contributed by atoms with E-state index in [1.807, 2.05) is 30.5 Å². The maximum Gasteiger partial charge on any atom is 0.283 e. The molecule has 2 aliphatic rings. The van der Waals surface area contributed by atoms with E-state index >= 15 is 0 Å². The quantitative estimate of drug-likeness (QED) is 0.632. The second-order valence-corrected chi connectivity index (χ2v) is 11.1. The first-order valence-electron chi connectivity index (χ1n) is 9.83. The molecule has 3 heterocycles. The number of aryl methyl sites for hydroxylation is 1. The first-order chi connectivity index (χ1) is 15.6. The third-order valence-corrected chi connectivity index (χ3v) is 8.63. The van der Waals surface area contributed by atoms with Gasteiger partial charge in [-0.25, -0.2) is 8.42 Å². The summed E-state index contributed by atoms with van der Waals surface area (Å²) in [6.07, 6.45) is 1.57. The van der Waals surface area contributed by atoms with Gasteiger partial charge >= 0.3 is 0 Å². The van der Waals surface area contributed by atoms with Gasteiger partial charge in [0, 0.05) is 17.1 Å². The fraction of sp³-hybridized carbons (Fsp3) is 0.238. The van der Waals surface area contributed by atoms with Crippen LogP contribution in [0.3, 0.4) is 0 Å². The van der Waals surface area contributed by atoms with Crippen molar-refractivity contribution < 1.29 is 17.9 Å². The Hall–Kier alpha value is -2.89. The molecule has 0 saturated heterocycles. The summed E-state index contributed by atoms with van der Waals surface area (Å²) in [5.74, 6) is -0.420. The number of fused-ring (bicyclic) bond motifs is 1. The van der Waals surface area contributed by atoms with Crippen LogP contribution in [0.25, 0.3) is 11.8 Å². The summed E-state index contributed by atoms with van der Waals surface area (Å²) in [5, 5.41) is 14.1. The SMILES string of the molecule is CCS(=O)(=O)C1=NN2C(=N)/C(=C\c3cc(C)n(-c4ccc(OC)c(Cl)c4)c3C)C(=O)N=C2S1.